The molecule has 3 heterocycles. The first-order valence-electron chi connectivity index (χ1n) is 9.92. The molecule has 4 heteroatoms. The van der Waals surface area contributed by atoms with Gasteiger partial charge in [-0.15, -0.1) is 0 Å². The number of benzene rings is 2. The molecule has 3 aromatic rings. The number of esters is 1. The van der Waals surface area contributed by atoms with Crippen molar-refractivity contribution in [1.82, 2.24) is 9.47 Å². The van der Waals surface area contributed by atoms with Crippen LogP contribution >= 0.6 is 0 Å². The third-order valence-corrected chi connectivity index (χ3v) is 7.02. The summed E-state index contributed by atoms with van der Waals surface area (Å²) in [7, 11) is 3.67. The number of rotatable bonds is 2. The van der Waals surface area contributed by atoms with Crippen LogP contribution in [0.1, 0.15) is 34.3 Å². The summed E-state index contributed by atoms with van der Waals surface area (Å²) in [5.41, 5.74) is 5.62. The molecule has 0 amide bonds. The Balaban J connectivity index is 1.74. The minimum absolute atomic E-state index is 0.0265. The number of hydrogen-bond donors (Lipinski definition) is 0. The van der Waals surface area contributed by atoms with Gasteiger partial charge in [-0.2, -0.15) is 0 Å². The molecule has 1 saturated heterocycles. The van der Waals surface area contributed by atoms with Crippen LogP contribution in [0.3, 0.4) is 0 Å². The number of likely N-dealkylation sites (tertiary alicyclic amines) is 1. The Morgan fingerprint density at radius 2 is 1.82 bits per heavy atom. The number of para-hydroxylation sites is 1. The van der Waals surface area contributed by atoms with Crippen molar-refractivity contribution in [3.63, 3.8) is 0 Å². The molecule has 1 aromatic heterocycles. The largest absolute Gasteiger partial charge is 0.468 e. The topological polar surface area (TPSA) is 34.5 Å². The van der Waals surface area contributed by atoms with Crippen LogP contribution in [-0.4, -0.2) is 36.1 Å². The number of carbonyl (C=O) groups is 1. The van der Waals surface area contributed by atoms with Crippen LogP contribution in [0, 0.1) is 19.3 Å². The third-order valence-electron chi connectivity index (χ3n) is 7.02. The van der Waals surface area contributed by atoms with Crippen molar-refractivity contribution >= 4 is 16.9 Å². The monoisotopic (exact) mass is 374 g/mol. The quantitative estimate of drug-likeness (QED) is 0.631. The minimum Gasteiger partial charge on any atom is -0.468 e. The van der Waals surface area contributed by atoms with Gasteiger partial charge in [-0.3, -0.25) is 9.69 Å². The van der Waals surface area contributed by atoms with E-state index >= 15 is 0 Å². The Kier molecular flexibility index (Phi) is 3.72. The fourth-order valence-electron chi connectivity index (χ4n) is 5.78. The van der Waals surface area contributed by atoms with Crippen LogP contribution in [0.25, 0.3) is 10.9 Å². The van der Waals surface area contributed by atoms with Crippen molar-refractivity contribution in [3.8, 4) is 0 Å². The van der Waals surface area contributed by atoms with Gasteiger partial charge in [-0.1, -0.05) is 48.0 Å². The molecule has 0 radical (unpaired) electrons. The second-order valence-corrected chi connectivity index (χ2v) is 8.45. The molecule has 0 bridgehead atoms. The molecule has 4 nitrogen and oxygen atoms in total. The predicted molar refractivity (Wildman–Crippen MR) is 110 cm³/mol. The Morgan fingerprint density at radius 1 is 1.11 bits per heavy atom. The van der Waals surface area contributed by atoms with Crippen molar-refractivity contribution in [2.75, 3.05) is 20.7 Å². The molecule has 144 valence electrons. The first kappa shape index (κ1) is 17.5. The van der Waals surface area contributed by atoms with E-state index in [0.717, 1.165) is 6.54 Å². The molecule has 2 aromatic carbocycles. The molecule has 5 rings (SSSR count). The Bertz CT molecular complexity index is 1080. The minimum atomic E-state index is -0.594. The van der Waals surface area contributed by atoms with Gasteiger partial charge in [0, 0.05) is 35.6 Å². The lowest BCUT2D eigenvalue weighted by molar-refractivity contribution is -0.155. The van der Waals surface area contributed by atoms with Gasteiger partial charge in [-0.25, -0.2) is 0 Å². The summed E-state index contributed by atoms with van der Waals surface area (Å²) < 4.78 is 7.80. The molecule has 2 aliphatic rings. The highest BCUT2D eigenvalue weighted by Gasteiger charge is 2.64. The predicted octanol–water partition coefficient (Wildman–Crippen LogP) is 4.20. The van der Waals surface area contributed by atoms with Gasteiger partial charge in [0.15, 0.2) is 0 Å². The molecule has 0 saturated carbocycles. The summed E-state index contributed by atoms with van der Waals surface area (Å²) in [5, 5.41) is 1.28. The number of aromatic nitrogens is 1. The van der Waals surface area contributed by atoms with Crippen molar-refractivity contribution in [2.45, 2.75) is 32.4 Å². The van der Waals surface area contributed by atoms with E-state index < -0.39 is 5.41 Å². The summed E-state index contributed by atoms with van der Waals surface area (Å²) >= 11 is 0. The standard InChI is InChI=1S/C24H26N2O2/c1-15-9-11-17(12-10-15)19-13-25(3)22-21-16(2)18-7-5-6-8-20(18)26(21)14-24(19,22)23(27)28-4/h5-12,19,22H,13-14H2,1-4H3. The van der Waals surface area contributed by atoms with E-state index in [9.17, 15) is 4.79 Å². The van der Waals surface area contributed by atoms with E-state index in [1.54, 1.807) is 0 Å². The van der Waals surface area contributed by atoms with Crippen molar-refractivity contribution < 1.29 is 9.53 Å². The molecule has 3 unspecified atom stereocenters. The maximum Gasteiger partial charge on any atom is 0.316 e. The van der Waals surface area contributed by atoms with Crippen LogP contribution in [0.5, 0.6) is 0 Å². The van der Waals surface area contributed by atoms with Gasteiger partial charge in [0.2, 0.25) is 0 Å². The maximum atomic E-state index is 13.4. The first-order valence-corrected chi connectivity index (χ1v) is 9.92. The number of ether oxygens (including phenoxy) is 1. The van der Waals surface area contributed by atoms with E-state index in [1.165, 1.54) is 40.4 Å². The Morgan fingerprint density at radius 3 is 2.54 bits per heavy atom. The fraction of sp³-hybridized carbons (Fsp3) is 0.375. The Labute approximate surface area is 165 Å². The lowest BCUT2D eigenvalue weighted by Crippen LogP contribution is -2.40. The van der Waals surface area contributed by atoms with E-state index in [-0.39, 0.29) is 17.9 Å². The second-order valence-electron chi connectivity index (χ2n) is 8.45. The summed E-state index contributed by atoms with van der Waals surface area (Å²) in [6.45, 7) is 5.80. The average molecular weight is 374 g/mol. The maximum absolute atomic E-state index is 13.4. The summed E-state index contributed by atoms with van der Waals surface area (Å²) in [4.78, 5) is 15.7. The summed E-state index contributed by atoms with van der Waals surface area (Å²) in [6, 6.07) is 17.2. The van der Waals surface area contributed by atoms with Gasteiger partial charge in [0.1, 0.15) is 5.41 Å². The number of aryl methyl sites for hydroxylation is 2. The number of hydrogen-bond acceptors (Lipinski definition) is 3. The zero-order valence-electron chi connectivity index (χ0n) is 16.9. The summed E-state index contributed by atoms with van der Waals surface area (Å²) in [6.07, 6.45) is 0. The first-order chi connectivity index (χ1) is 13.5. The van der Waals surface area contributed by atoms with Crippen LogP contribution < -0.4 is 0 Å². The average Bonchev–Trinajstić information content (AvgIpc) is 3.30. The molecule has 3 atom stereocenters. The number of carbonyl (C=O) groups excluding carboxylic acids is 1. The molecule has 2 aliphatic heterocycles. The smallest absolute Gasteiger partial charge is 0.316 e. The molecule has 0 aliphatic carbocycles. The van der Waals surface area contributed by atoms with Gasteiger partial charge in [0.05, 0.1) is 13.2 Å². The molecule has 28 heavy (non-hydrogen) atoms. The van der Waals surface area contributed by atoms with Gasteiger partial charge < -0.3 is 9.30 Å². The molecule has 0 N–H and O–H groups in total. The highest BCUT2D eigenvalue weighted by Crippen LogP contribution is 2.61. The lowest BCUT2D eigenvalue weighted by Gasteiger charge is -2.32. The van der Waals surface area contributed by atoms with E-state index in [4.69, 9.17) is 4.74 Å². The second kappa shape index (κ2) is 5.95. The zero-order valence-corrected chi connectivity index (χ0v) is 16.9. The zero-order chi connectivity index (χ0) is 19.6. The van der Waals surface area contributed by atoms with Crippen LogP contribution in [0.4, 0.5) is 0 Å². The van der Waals surface area contributed by atoms with Gasteiger partial charge in [-0.05, 0) is 38.1 Å². The number of methoxy groups -OCH3 is 1. The Hall–Kier alpha value is -2.59. The van der Waals surface area contributed by atoms with Crippen LogP contribution in [-0.2, 0) is 16.1 Å². The van der Waals surface area contributed by atoms with Crippen LogP contribution in [0.15, 0.2) is 48.5 Å². The van der Waals surface area contributed by atoms with E-state index in [2.05, 4.69) is 78.9 Å². The molecular formula is C24H26N2O2. The highest BCUT2D eigenvalue weighted by atomic mass is 16.5. The highest BCUT2D eigenvalue weighted by molar-refractivity contribution is 5.89. The van der Waals surface area contributed by atoms with Crippen molar-refractivity contribution in [2.24, 2.45) is 5.41 Å². The fourth-order valence-corrected chi connectivity index (χ4v) is 5.78. The van der Waals surface area contributed by atoms with Gasteiger partial charge >= 0.3 is 5.97 Å². The van der Waals surface area contributed by atoms with Gasteiger partial charge in [0.25, 0.3) is 0 Å². The van der Waals surface area contributed by atoms with Crippen molar-refractivity contribution in [3.05, 3.63) is 70.9 Å². The number of fused-ring (bicyclic) bond motifs is 5. The normalized spacial score (nSPS) is 26.4. The molecular weight excluding hydrogens is 348 g/mol. The lowest BCUT2D eigenvalue weighted by atomic mass is 9.70. The van der Waals surface area contributed by atoms with E-state index in [0.29, 0.717) is 6.54 Å². The van der Waals surface area contributed by atoms with Crippen molar-refractivity contribution in [1.29, 1.82) is 0 Å². The SMILES string of the molecule is COC(=O)C12Cn3c(c(C)c4ccccc43)C1N(C)CC2c1ccc(C)cc1. The molecule has 1 fully saturated rings. The summed E-state index contributed by atoms with van der Waals surface area (Å²) in [5.74, 6) is 0.00761. The molecule has 0 spiro atoms. The van der Waals surface area contributed by atoms with Crippen LogP contribution in [0.2, 0.25) is 0 Å². The number of likely N-dealkylation sites (N-methyl/N-ethyl adjacent to an activating group) is 1. The third kappa shape index (κ3) is 2.07. The number of nitrogens with zero attached hydrogens (tertiary/aromatic N) is 2. The van der Waals surface area contributed by atoms with E-state index in [1.807, 2.05) is 0 Å².